The summed E-state index contributed by atoms with van der Waals surface area (Å²) in [5, 5.41) is 6.86. The highest BCUT2D eigenvalue weighted by atomic mass is 35.5. The quantitative estimate of drug-likeness (QED) is 0.607. The summed E-state index contributed by atoms with van der Waals surface area (Å²) in [4.78, 5) is 11.1. The van der Waals surface area contributed by atoms with Gasteiger partial charge in [0.2, 0.25) is 0 Å². The summed E-state index contributed by atoms with van der Waals surface area (Å²) in [5.41, 5.74) is 0.934. The van der Waals surface area contributed by atoms with Gasteiger partial charge in [-0.05, 0) is 19.4 Å². The van der Waals surface area contributed by atoms with Gasteiger partial charge in [0.05, 0.1) is 12.8 Å². The molecule has 0 saturated heterocycles. The van der Waals surface area contributed by atoms with E-state index in [-0.39, 0.29) is 0 Å². The third-order valence-corrected chi connectivity index (χ3v) is 3.13. The van der Waals surface area contributed by atoms with Crippen molar-refractivity contribution in [1.29, 1.82) is 0 Å². The first-order chi connectivity index (χ1) is 8.58. The first-order valence-corrected chi connectivity index (χ1v) is 6.48. The van der Waals surface area contributed by atoms with Gasteiger partial charge in [-0.2, -0.15) is 5.10 Å². The van der Waals surface area contributed by atoms with Crippen LogP contribution in [0.4, 0.5) is 0 Å². The van der Waals surface area contributed by atoms with Crippen LogP contribution in [0.25, 0.3) is 0 Å². The van der Waals surface area contributed by atoms with Crippen LogP contribution in [-0.4, -0.2) is 34.8 Å². The summed E-state index contributed by atoms with van der Waals surface area (Å²) < 4.78 is 6.47. The SMILES string of the molecule is CCC(C)n1ccc(CNCC(Cl)C(=O)OC)n1. The Morgan fingerprint density at radius 1 is 1.67 bits per heavy atom. The first-order valence-electron chi connectivity index (χ1n) is 6.05. The van der Waals surface area contributed by atoms with Gasteiger partial charge in [-0.3, -0.25) is 9.48 Å². The molecule has 0 aliphatic rings. The molecule has 1 aromatic rings. The number of hydrogen-bond acceptors (Lipinski definition) is 4. The third kappa shape index (κ3) is 4.31. The second-order valence-corrected chi connectivity index (χ2v) is 4.69. The van der Waals surface area contributed by atoms with Crippen LogP contribution < -0.4 is 5.32 Å². The van der Waals surface area contributed by atoms with E-state index in [2.05, 4.69) is 29.0 Å². The lowest BCUT2D eigenvalue weighted by molar-refractivity contribution is -0.140. The Balaban J connectivity index is 2.36. The number of esters is 1. The topological polar surface area (TPSA) is 56.2 Å². The van der Waals surface area contributed by atoms with Crippen LogP contribution in [-0.2, 0) is 16.1 Å². The number of ether oxygens (including phenoxy) is 1. The number of halogens is 1. The summed E-state index contributed by atoms with van der Waals surface area (Å²) in [5.74, 6) is -0.422. The molecule has 1 N–H and O–H groups in total. The van der Waals surface area contributed by atoms with Gasteiger partial charge in [-0.25, -0.2) is 0 Å². The number of methoxy groups -OCH3 is 1. The minimum atomic E-state index is -0.661. The van der Waals surface area contributed by atoms with E-state index < -0.39 is 11.3 Å². The predicted octanol–water partition coefficient (Wildman–Crippen LogP) is 1.72. The van der Waals surface area contributed by atoms with Crippen molar-refractivity contribution in [3.63, 3.8) is 0 Å². The molecule has 2 unspecified atom stereocenters. The molecule has 0 fully saturated rings. The fourth-order valence-corrected chi connectivity index (χ4v) is 1.64. The highest BCUT2D eigenvalue weighted by molar-refractivity contribution is 6.30. The first kappa shape index (κ1) is 15.0. The van der Waals surface area contributed by atoms with Crippen LogP contribution in [0, 0.1) is 0 Å². The fourth-order valence-electron chi connectivity index (χ4n) is 1.44. The molecule has 18 heavy (non-hydrogen) atoms. The van der Waals surface area contributed by atoms with Gasteiger partial charge in [0.25, 0.3) is 0 Å². The molecular formula is C12H20ClN3O2. The number of aromatic nitrogens is 2. The third-order valence-electron chi connectivity index (χ3n) is 2.79. The van der Waals surface area contributed by atoms with Gasteiger partial charge in [-0.1, -0.05) is 6.92 Å². The van der Waals surface area contributed by atoms with E-state index >= 15 is 0 Å². The van der Waals surface area contributed by atoms with Crippen LogP contribution in [0.3, 0.4) is 0 Å². The molecule has 5 nitrogen and oxygen atoms in total. The van der Waals surface area contributed by atoms with Crippen molar-refractivity contribution in [3.05, 3.63) is 18.0 Å². The molecule has 0 spiro atoms. The standard InChI is InChI=1S/C12H20ClN3O2/c1-4-9(2)16-6-5-10(15-16)7-14-8-11(13)12(17)18-3/h5-6,9,11,14H,4,7-8H2,1-3H3. The smallest absolute Gasteiger partial charge is 0.325 e. The maximum absolute atomic E-state index is 11.1. The summed E-state index contributed by atoms with van der Waals surface area (Å²) in [6, 6.07) is 2.36. The van der Waals surface area contributed by atoms with Crippen molar-refractivity contribution in [2.75, 3.05) is 13.7 Å². The molecule has 0 aliphatic carbocycles. The number of alkyl halides is 1. The Hall–Kier alpha value is -1.07. The van der Waals surface area contributed by atoms with Crippen LogP contribution in [0.1, 0.15) is 32.0 Å². The molecule has 0 aliphatic heterocycles. The lowest BCUT2D eigenvalue weighted by Crippen LogP contribution is -2.29. The van der Waals surface area contributed by atoms with Crippen molar-refractivity contribution in [2.24, 2.45) is 0 Å². The zero-order valence-electron chi connectivity index (χ0n) is 11.0. The zero-order valence-corrected chi connectivity index (χ0v) is 11.8. The average Bonchev–Trinajstić information content (AvgIpc) is 2.85. The second kappa shape index (κ2) is 7.38. The van der Waals surface area contributed by atoms with Crippen molar-refractivity contribution >= 4 is 17.6 Å². The summed E-state index contributed by atoms with van der Waals surface area (Å²) in [7, 11) is 1.32. The molecule has 0 radical (unpaired) electrons. The molecule has 0 aromatic carbocycles. The van der Waals surface area contributed by atoms with Crippen LogP contribution in [0.2, 0.25) is 0 Å². The Morgan fingerprint density at radius 2 is 2.39 bits per heavy atom. The van der Waals surface area contributed by atoms with Crippen molar-refractivity contribution in [1.82, 2.24) is 15.1 Å². The Bertz CT molecular complexity index is 381. The largest absolute Gasteiger partial charge is 0.468 e. The maximum atomic E-state index is 11.1. The van der Waals surface area contributed by atoms with Crippen molar-refractivity contribution < 1.29 is 9.53 Å². The molecule has 0 saturated carbocycles. The normalized spacial score (nSPS) is 14.2. The molecule has 6 heteroatoms. The lowest BCUT2D eigenvalue weighted by atomic mass is 10.3. The molecule has 1 aromatic heterocycles. The van der Waals surface area contributed by atoms with Gasteiger partial charge in [0.1, 0.15) is 5.38 Å². The number of carbonyl (C=O) groups is 1. The molecule has 1 heterocycles. The van der Waals surface area contributed by atoms with E-state index in [4.69, 9.17) is 11.6 Å². The van der Waals surface area contributed by atoms with Gasteiger partial charge < -0.3 is 10.1 Å². The van der Waals surface area contributed by atoms with Gasteiger partial charge in [0.15, 0.2) is 0 Å². The lowest BCUT2D eigenvalue weighted by Gasteiger charge is -2.09. The fraction of sp³-hybridized carbons (Fsp3) is 0.667. The minimum absolute atomic E-state index is 0.365. The summed E-state index contributed by atoms with van der Waals surface area (Å²) >= 11 is 5.81. The maximum Gasteiger partial charge on any atom is 0.325 e. The Morgan fingerprint density at radius 3 is 3.00 bits per heavy atom. The van der Waals surface area contributed by atoms with Crippen molar-refractivity contribution in [3.8, 4) is 0 Å². The molecule has 102 valence electrons. The molecule has 0 bridgehead atoms. The van der Waals surface area contributed by atoms with E-state index in [1.54, 1.807) is 0 Å². The number of nitrogens with zero attached hydrogens (tertiary/aromatic N) is 2. The van der Waals surface area contributed by atoms with Crippen molar-refractivity contribution in [2.45, 2.75) is 38.2 Å². The van der Waals surface area contributed by atoms with E-state index in [1.807, 2.05) is 16.9 Å². The van der Waals surface area contributed by atoms with E-state index in [0.29, 0.717) is 19.1 Å². The zero-order chi connectivity index (χ0) is 13.5. The molecule has 2 atom stereocenters. The van der Waals surface area contributed by atoms with Crippen LogP contribution >= 0.6 is 11.6 Å². The second-order valence-electron chi connectivity index (χ2n) is 4.17. The average molecular weight is 274 g/mol. The van der Waals surface area contributed by atoms with E-state index in [1.165, 1.54) is 7.11 Å². The highest BCUT2D eigenvalue weighted by Gasteiger charge is 2.14. The molecular weight excluding hydrogens is 254 g/mol. The Labute approximate surface area is 112 Å². The monoisotopic (exact) mass is 273 g/mol. The highest BCUT2D eigenvalue weighted by Crippen LogP contribution is 2.09. The van der Waals surface area contributed by atoms with Gasteiger partial charge >= 0.3 is 5.97 Å². The number of nitrogens with one attached hydrogen (secondary N) is 1. The summed E-state index contributed by atoms with van der Waals surface area (Å²) in [6.07, 6.45) is 3.00. The predicted molar refractivity (Wildman–Crippen MR) is 70.6 cm³/mol. The molecule has 1 rings (SSSR count). The minimum Gasteiger partial charge on any atom is -0.468 e. The van der Waals surface area contributed by atoms with Gasteiger partial charge in [0, 0.05) is 25.3 Å². The number of hydrogen-bond donors (Lipinski definition) is 1. The van der Waals surface area contributed by atoms with Gasteiger partial charge in [-0.15, -0.1) is 11.6 Å². The van der Waals surface area contributed by atoms with Crippen LogP contribution in [0.5, 0.6) is 0 Å². The molecule has 0 amide bonds. The van der Waals surface area contributed by atoms with E-state index in [0.717, 1.165) is 12.1 Å². The van der Waals surface area contributed by atoms with Crippen LogP contribution in [0.15, 0.2) is 12.3 Å². The van der Waals surface area contributed by atoms with E-state index in [9.17, 15) is 4.79 Å². The number of rotatable bonds is 7. The Kier molecular flexibility index (Phi) is 6.15. The summed E-state index contributed by atoms with van der Waals surface area (Å²) in [6.45, 7) is 5.20. The number of carbonyl (C=O) groups excluding carboxylic acids is 1.